The molecule has 3 rings (SSSR count). The van der Waals surface area contributed by atoms with Crippen LogP contribution < -0.4 is 9.47 Å². The molecule has 4 heteroatoms. The molecule has 3 aromatic carbocycles. The smallest absolute Gasteiger partial charge is 0.344 e. The lowest BCUT2D eigenvalue weighted by atomic mass is 10.0. The second-order valence-electron chi connectivity index (χ2n) is 6.90. The van der Waals surface area contributed by atoms with Crippen molar-refractivity contribution >= 4 is 22.5 Å². The molecular weight excluding hydrogens is 364 g/mol. The number of rotatable bonds is 9. The molecule has 0 amide bonds. The van der Waals surface area contributed by atoms with Crippen LogP contribution in [0, 0.1) is 0 Å². The molecule has 0 aromatic heterocycles. The minimum atomic E-state index is -0.437. The van der Waals surface area contributed by atoms with Gasteiger partial charge in [0.25, 0.3) is 0 Å². The molecule has 4 nitrogen and oxygen atoms in total. The number of unbranched alkanes of at least 4 members (excludes halogenated alkanes) is 2. The van der Waals surface area contributed by atoms with E-state index >= 15 is 0 Å². The first-order valence-electron chi connectivity index (χ1n) is 10.1. The number of esters is 1. The van der Waals surface area contributed by atoms with Crippen molar-refractivity contribution in [1.29, 1.82) is 0 Å². The van der Waals surface area contributed by atoms with Crippen LogP contribution in [0.3, 0.4) is 0 Å². The number of Topliss-reactive ketones (excluding diaryl/α,β-unsaturated/α-hetero) is 1. The van der Waals surface area contributed by atoms with E-state index in [-0.39, 0.29) is 5.78 Å². The Kier molecular flexibility index (Phi) is 7.01. The van der Waals surface area contributed by atoms with Gasteiger partial charge >= 0.3 is 5.97 Å². The van der Waals surface area contributed by atoms with E-state index in [1.54, 1.807) is 30.3 Å². The van der Waals surface area contributed by atoms with Crippen LogP contribution in [0.15, 0.2) is 60.7 Å². The summed E-state index contributed by atoms with van der Waals surface area (Å²) in [5.41, 5.74) is 1.09. The fourth-order valence-electron chi connectivity index (χ4n) is 3.18. The van der Waals surface area contributed by atoms with Gasteiger partial charge in [0.2, 0.25) is 0 Å². The summed E-state index contributed by atoms with van der Waals surface area (Å²) in [6, 6.07) is 17.9. The number of carbonyl (C=O) groups excluding carboxylic acids is 2. The van der Waals surface area contributed by atoms with E-state index in [0.717, 1.165) is 35.8 Å². The largest absolute Gasteiger partial charge is 0.493 e. The number of ketones is 1. The van der Waals surface area contributed by atoms with Crippen LogP contribution in [0.25, 0.3) is 10.8 Å². The summed E-state index contributed by atoms with van der Waals surface area (Å²) in [7, 11) is 0. The van der Waals surface area contributed by atoms with Crippen LogP contribution in [0.2, 0.25) is 0 Å². The Morgan fingerprint density at radius 3 is 2.24 bits per heavy atom. The van der Waals surface area contributed by atoms with Crippen molar-refractivity contribution in [2.24, 2.45) is 0 Å². The Morgan fingerprint density at radius 1 is 0.828 bits per heavy atom. The Balaban J connectivity index is 1.80. The van der Waals surface area contributed by atoms with Gasteiger partial charge in [0.15, 0.2) is 5.78 Å². The van der Waals surface area contributed by atoms with Gasteiger partial charge in [-0.25, -0.2) is 4.79 Å². The quantitative estimate of drug-likeness (QED) is 0.188. The van der Waals surface area contributed by atoms with Crippen molar-refractivity contribution in [3.05, 3.63) is 71.8 Å². The third kappa shape index (κ3) is 5.02. The second-order valence-corrected chi connectivity index (χ2v) is 6.90. The molecule has 0 unspecified atom stereocenters. The van der Waals surface area contributed by atoms with Crippen molar-refractivity contribution in [3.8, 4) is 11.5 Å². The van der Waals surface area contributed by atoms with E-state index < -0.39 is 5.97 Å². The number of carbonyl (C=O) groups is 2. The van der Waals surface area contributed by atoms with Gasteiger partial charge in [-0.3, -0.25) is 4.79 Å². The molecular formula is C25H26O4. The fraction of sp³-hybridized carbons (Fsp3) is 0.280. The molecule has 0 atom stereocenters. The molecule has 3 aromatic rings. The molecule has 0 fully saturated rings. The molecule has 0 saturated heterocycles. The van der Waals surface area contributed by atoms with Crippen LogP contribution in [-0.2, 0) is 0 Å². The van der Waals surface area contributed by atoms with Gasteiger partial charge < -0.3 is 9.47 Å². The zero-order chi connectivity index (χ0) is 20.6. The second kappa shape index (κ2) is 9.87. The van der Waals surface area contributed by atoms with E-state index in [1.807, 2.05) is 37.3 Å². The molecule has 0 radical (unpaired) electrons. The third-order valence-electron chi connectivity index (χ3n) is 4.82. The van der Waals surface area contributed by atoms with Gasteiger partial charge in [-0.2, -0.15) is 0 Å². The third-order valence-corrected chi connectivity index (χ3v) is 4.82. The van der Waals surface area contributed by atoms with Gasteiger partial charge in [-0.1, -0.05) is 51.0 Å². The predicted molar refractivity (Wildman–Crippen MR) is 115 cm³/mol. The normalized spacial score (nSPS) is 10.7. The average Bonchev–Trinajstić information content (AvgIpc) is 2.76. The standard InChI is InChI=1S/C25H26O4/c1-3-5-8-17-28-24-16-15-22(20-9-6-7-10-21(20)24)25(27)29-19-13-11-18(12-14-19)23(26)4-2/h6-7,9-16H,3-5,8,17H2,1-2H3. The predicted octanol–water partition coefficient (Wildman–Crippen LogP) is 6.22. The maximum absolute atomic E-state index is 12.8. The maximum Gasteiger partial charge on any atom is 0.344 e. The molecule has 0 aliphatic carbocycles. The number of ether oxygens (including phenoxy) is 2. The van der Waals surface area contributed by atoms with Gasteiger partial charge in [0, 0.05) is 17.4 Å². The average molecular weight is 390 g/mol. The number of fused-ring (bicyclic) bond motifs is 1. The topological polar surface area (TPSA) is 52.6 Å². The highest BCUT2D eigenvalue weighted by Crippen LogP contribution is 2.29. The summed E-state index contributed by atoms with van der Waals surface area (Å²) < 4.78 is 11.5. The summed E-state index contributed by atoms with van der Waals surface area (Å²) in [6.45, 7) is 4.63. The lowest BCUT2D eigenvalue weighted by molar-refractivity contribution is 0.0736. The molecule has 0 spiro atoms. The highest BCUT2D eigenvalue weighted by Gasteiger charge is 2.15. The molecule has 0 aliphatic heterocycles. The van der Waals surface area contributed by atoms with Crippen molar-refractivity contribution < 1.29 is 19.1 Å². The summed E-state index contributed by atoms with van der Waals surface area (Å²) in [5.74, 6) is 0.805. The van der Waals surface area contributed by atoms with Crippen molar-refractivity contribution in [1.82, 2.24) is 0 Å². The van der Waals surface area contributed by atoms with Crippen molar-refractivity contribution in [2.45, 2.75) is 39.5 Å². The lowest BCUT2D eigenvalue weighted by Crippen LogP contribution is -2.10. The van der Waals surface area contributed by atoms with Crippen LogP contribution in [0.1, 0.15) is 60.2 Å². The first-order chi connectivity index (χ1) is 14.1. The van der Waals surface area contributed by atoms with E-state index in [2.05, 4.69) is 6.92 Å². The molecule has 150 valence electrons. The molecule has 0 bridgehead atoms. The molecule has 0 saturated carbocycles. The van der Waals surface area contributed by atoms with Crippen LogP contribution in [0.4, 0.5) is 0 Å². The highest BCUT2D eigenvalue weighted by molar-refractivity contribution is 6.07. The minimum Gasteiger partial charge on any atom is -0.493 e. The first kappa shape index (κ1) is 20.6. The van der Waals surface area contributed by atoms with Crippen LogP contribution in [-0.4, -0.2) is 18.4 Å². The molecule has 0 aliphatic rings. The highest BCUT2D eigenvalue weighted by atomic mass is 16.5. The van der Waals surface area contributed by atoms with Gasteiger partial charge in [-0.05, 0) is 48.2 Å². The van der Waals surface area contributed by atoms with Gasteiger partial charge in [0.05, 0.1) is 12.2 Å². The Labute approximate surface area is 171 Å². The van der Waals surface area contributed by atoms with E-state index in [1.165, 1.54) is 0 Å². The molecule has 29 heavy (non-hydrogen) atoms. The van der Waals surface area contributed by atoms with Crippen LogP contribution in [0.5, 0.6) is 11.5 Å². The number of benzene rings is 3. The van der Waals surface area contributed by atoms with Crippen molar-refractivity contribution in [2.75, 3.05) is 6.61 Å². The monoisotopic (exact) mass is 390 g/mol. The molecule has 0 N–H and O–H groups in total. The Hall–Kier alpha value is -3.14. The van der Waals surface area contributed by atoms with E-state index in [0.29, 0.717) is 29.9 Å². The number of hydrogen-bond donors (Lipinski definition) is 0. The summed E-state index contributed by atoms with van der Waals surface area (Å²) >= 11 is 0. The van der Waals surface area contributed by atoms with E-state index in [9.17, 15) is 9.59 Å². The maximum atomic E-state index is 12.8. The number of hydrogen-bond acceptors (Lipinski definition) is 4. The fourth-order valence-corrected chi connectivity index (χ4v) is 3.18. The van der Waals surface area contributed by atoms with Gasteiger partial charge in [0.1, 0.15) is 11.5 Å². The first-order valence-corrected chi connectivity index (χ1v) is 10.1. The van der Waals surface area contributed by atoms with Crippen molar-refractivity contribution in [3.63, 3.8) is 0 Å². The zero-order valence-electron chi connectivity index (χ0n) is 16.9. The zero-order valence-corrected chi connectivity index (χ0v) is 16.9. The van der Waals surface area contributed by atoms with Crippen LogP contribution >= 0.6 is 0 Å². The Morgan fingerprint density at radius 2 is 1.55 bits per heavy atom. The lowest BCUT2D eigenvalue weighted by Gasteiger charge is -2.12. The SMILES string of the molecule is CCCCCOc1ccc(C(=O)Oc2ccc(C(=O)CC)cc2)c2ccccc12. The summed E-state index contributed by atoms with van der Waals surface area (Å²) in [5, 5.41) is 1.69. The molecule has 0 heterocycles. The Bertz CT molecular complexity index is 989. The van der Waals surface area contributed by atoms with Gasteiger partial charge in [-0.15, -0.1) is 0 Å². The summed E-state index contributed by atoms with van der Waals surface area (Å²) in [6.07, 6.45) is 3.72. The van der Waals surface area contributed by atoms with E-state index in [4.69, 9.17) is 9.47 Å². The summed E-state index contributed by atoms with van der Waals surface area (Å²) in [4.78, 5) is 24.5. The minimum absolute atomic E-state index is 0.0587.